The third-order valence-corrected chi connectivity index (χ3v) is 5.32. The predicted octanol–water partition coefficient (Wildman–Crippen LogP) is 3.39. The minimum atomic E-state index is -3.79. The Labute approximate surface area is 140 Å². The van der Waals surface area contributed by atoms with Crippen molar-refractivity contribution < 1.29 is 17.9 Å². The zero-order valence-electron chi connectivity index (χ0n) is 12.8. The molecule has 0 unspecified atom stereocenters. The Hall–Kier alpha value is -1.99. The lowest BCUT2D eigenvalue weighted by Crippen LogP contribution is -2.14. The number of hydrogen-bond acceptors (Lipinski definition) is 5. The van der Waals surface area contributed by atoms with Gasteiger partial charge >= 0.3 is 5.97 Å². The van der Waals surface area contributed by atoms with E-state index in [1.54, 1.807) is 23.9 Å². The van der Waals surface area contributed by atoms with E-state index in [2.05, 4.69) is 9.46 Å². The summed E-state index contributed by atoms with van der Waals surface area (Å²) in [5.41, 5.74) is 0.703. The first-order chi connectivity index (χ1) is 11.0. The molecule has 122 valence electrons. The summed E-state index contributed by atoms with van der Waals surface area (Å²) in [6.45, 7) is 2.00. The molecule has 0 bridgehead atoms. The summed E-state index contributed by atoms with van der Waals surface area (Å²) in [4.78, 5) is 12.4. The standard InChI is InChI=1S/C16H17NO4S2/c1-3-22-15-10-5-4-9-14(15)17-23(19,20)13-8-6-7-12(11-13)16(18)21-2/h4-11,17H,3H2,1-2H3. The maximum atomic E-state index is 12.5. The first-order valence-electron chi connectivity index (χ1n) is 6.91. The van der Waals surface area contributed by atoms with Gasteiger partial charge in [-0.15, -0.1) is 11.8 Å². The number of hydrogen-bond donors (Lipinski definition) is 1. The number of ether oxygens (including phenoxy) is 1. The highest BCUT2D eigenvalue weighted by Gasteiger charge is 2.18. The van der Waals surface area contributed by atoms with Crippen molar-refractivity contribution in [3.8, 4) is 0 Å². The smallest absolute Gasteiger partial charge is 0.337 e. The topological polar surface area (TPSA) is 72.5 Å². The number of rotatable bonds is 6. The number of sulfonamides is 1. The molecule has 0 fully saturated rings. The second-order valence-electron chi connectivity index (χ2n) is 4.55. The van der Waals surface area contributed by atoms with Crippen LogP contribution in [0.1, 0.15) is 17.3 Å². The molecule has 0 aliphatic carbocycles. The average molecular weight is 351 g/mol. The fourth-order valence-electron chi connectivity index (χ4n) is 1.94. The van der Waals surface area contributed by atoms with Gasteiger partial charge in [-0.3, -0.25) is 4.72 Å². The number of benzene rings is 2. The average Bonchev–Trinajstić information content (AvgIpc) is 2.56. The van der Waals surface area contributed by atoms with Crippen molar-refractivity contribution >= 4 is 33.4 Å². The summed E-state index contributed by atoms with van der Waals surface area (Å²) in [7, 11) is -2.54. The van der Waals surface area contributed by atoms with E-state index in [4.69, 9.17) is 0 Å². The van der Waals surface area contributed by atoms with E-state index in [0.29, 0.717) is 5.69 Å². The molecule has 0 atom stereocenters. The number of carbonyl (C=O) groups is 1. The van der Waals surface area contributed by atoms with Gasteiger partial charge in [-0.05, 0) is 36.1 Å². The molecular formula is C16H17NO4S2. The van der Waals surface area contributed by atoms with Crippen molar-refractivity contribution in [2.24, 2.45) is 0 Å². The highest BCUT2D eigenvalue weighted by Crippen LogP contribution is 2.28. The number of nitrogens with one attached hydrogen (secondary N) is 1. The normalized spacial score (nSPS) is 11.0. The van der Waals surface area contributed by atoms with E-state index >= 15 is 0 Å². The van der Waals surface area contributed by atoms with Crippen molar-refractivity contribution in [1.82, 2.24) is 0 Å². The first kappa shape index (κ1) is 17.4. The van der Waals surface area contributed by atoms with Crippen LogP contribution in [0.3, 0.4) is 0 Å². The van der Waals surface area contributed by atoms with Crippen molar-refractivity contribution in [1.29, 1.82) is 0 Å². The van der Waals surface area contributed by atoms with E-state index in [-0.39, 0.29) is 10.5 Å². The molecule has 2 rings (SSSR count). The Morgan fingerprint density at radius 2 is 1.91 bits per heavy atom. The number of anilines is 1. The van der Waals surface area contributed by atoms with Crippen LogP contribution in [0.25, 0.3) is 0 Å². The zero-order chi connectivity index (χ0) is 16.9. The maximum Gasteiger partial charge on any atom is 0.337 e. The molecule has 23 heavy (non-hydrogen) atoms. The summed E-state index contributed by atoms with van der Waals surface area (Å²) in [6, 6.07) is 12.9. The third kappa shape index (κ3) is 4.27. The summed E-state index contributed by atoms with van der Waals surface area (Å²) in [6.07, 6.45) is 0. The largest absolute Gasteiger partial charge is 0.465 e. The van der Waals surface area contributed by atoms with E-state index in [9.17, 15) is 13.2 Å². The van der Waals surface area contributed by atoms with Gasteiger partial charge in [-0.2, -0.15) is 0 Å². The van der Waals surface area contributed by atoms with Crippen molar-refractivity contribution in [2.75, 3.05) is 17.6 Å². The summed E-state index contributed by atoms with van der Waals surface area (Å²) in [5.74, 6) is 0.250. The second-order valence-corrected chi connectivity index (χ2v) is 7.54. The number of thioether (sulfide) groups is 1. The lowest BCUT2D eigenvalue weighted by molar-refractivity contribution is 0.0600. The van der Waals surface area contributed by atoms with Crippen LogP contribution in [0.15, 0.2) is 58.3 Å². The number of para-hydroxylation sites is 1. The minimum absolute atomic E-state index is 0.0108. The van der Waals surface area contributed by atoms with Crippen LogP contribution in [0, 0.1) is 0 Å². The number of carbonyl (C=O) groups excluding carboxylic acids is 1. The molecule has 0 aliphatic heterocycles. The van der Waals surface area contributed by atoms with Crippen molar-refractivity contribution in [3.05, 3.63) is 54.1 Å². The fourth-order valence-corrected chi connectivity index (χ4v) is 3.89. The molecule has 0 aliphatic rings. The van der Waals surface area contributed by atoms with Crippen LogP contribution < -0.4 is 4.72 Å². The highest BCUT2D eigenvalue weighted by molar-refractivity contribution is 7.99. The van der Waals surface area contributed by atoms with Crippen molar-refractivity contribution in [3.63, 3.8) is 0 Å². The van der Waals surface area contributed by atoms with Gasteiger partial charge in [0.2, 0.25) is 0 Å². The van der Waals surface area contributed by atoms with E-state index in [1.165, 1.54) is 31.4 Å². The Balaban J connectivity index is 2.35. The SMILES string of the molecule is CCSc1ccccc1NS(=O)(=O)c1cccc(C(=O)OC)c1. The minimum Gasteiger partial charge on any atom is -0.465 e. The molecule has 0 saturated carbocycles. The van der Waals surface area contributed by atoms with Crippen LogP contribution in [-0.4, -0.2) is 27.2 Å². The van der Waals surface area contributed by atoms with Crippen LogP contribution >= 0.6 is 11.8 Å². The van der Waals surface area contributed by atoms with Crippen molar-refractivity contribution in [2.45, 2.75) is 16.7 Å². The van der Waals surface area contributed by atoms with E-state index in [0.717, 1.165) is 10.6 Å². The Kier molecular flexibility index (Phi) is 5.68. The lowest BCUT2D eigenvalue weighted by Gasteiger charge is -2.12. The molecule has 1 N–H and O–H groups in total. The monoisotopic (exact) mass is 351 g/mol. The van der Waals surface area contributed by atoms with Gasteiger partial charge in [-0.1, -0.05) is 25.1 Å². The van der Waals surface area contributed by atoms with Crippen LogP contribution in [0.5, 0.6) is 0 Å². The lowest BCUT2D eigenvalue weighted by atomic mass is 10.2. The highest BCUT2D eigenvalue weighted by atomic mass is 32.2. The summed E-state index contributed by atoms with van der Waals surface area (Å²) >= 11 is 1.55. The van der Waals surface area contributed by atoms with Crippen LogP contribution in [-0.2, 0) is 14.8 Å². The van der Waals surface area contributed by atoms with Gasteiger partial charge in [0.15, 0.2) is 0 Å². The number of methoxy groups -OCH3 is 1. The molecule has 0 saturated heterocycles. The molecule has 5 nitrogen and oxygen atoms in total. The third-order valence-electron chi connectivity index (χ3n) is 3.00. The quantitative estimate of drug-likeness (QED) is 0.638. The maximum absolute atomic E-state index is 12.5. The van der Waals surface area contributed by atoms with Gasteiger partial charge < -0.3 is 4.74 Å². The van der Waals surface area contributed by atoms with Gasteiger partial charge in [0.05, 0.1) is 23.3 Å². The second kappa shape index (κ2) is 7.52. The molecule has 0 amide bonds. The van der Waals surface area contributed by atoms with Gasteiger partial charge in [-0.25, -0.2) is 13.2 Å². The fraction of sp³-hybridized carbons (Fsp3) is 0.188. The molecule has 2 aromatic carbocycles. The number of esters is 1. The summed E-state index contributed by atoms with van der Waals surface area (Å²) in [5, 5.41) is 0. The molecule has 7 heteroatoms. The van der Waals surface area contributed by atoms with Crippen LogP contribution in [0.4, 0.5) is 5.69 Å². The first-order valence-corrected chi connectivity index (χ1v) is 9.38. The Bertz CT molecular complexity index is 803. The molecule has 0 aromatic heterocycles. The zero-order valence-corrected chi connectivity index (χ0v) is 14.4. The van der Waals surface area contributed by atoms with E-state index in [1.807, 2.05) is 19.1 Å². The molecule has 0 heterocycles. The molecule has 2 aromatic rings. The summed E-state index contributed by atoms with van der Waals surface area (Å²) < 4.78 is 32.3. The van der Waals surface area contributed by atoms with Gasteiger partial charge in [0, 0.05) is 4.90 Å². The van der Waals surface area contributed by atoms with Crippen LogP contribution in [0.2, 0.25) is 0 Å². The van der Waals surface area contributed by atoms with Gasteiger partial charge in [0.1, 0.15) is 0 Å². The molecule has 0 spiro atoms. The Morgan fingerprint density at radius 3 is 2.61 bits per heavy atom. The molecule has 0 radical (unpaired) electrons. The van der Waals surface area contributed by atoms with E-state index < -0.39 is 16.0 Å². The predicted molar refractivity (Wildman–Crippen MR) is 91.4 cm³/mol. The molecular weight excluding hydrogens is 334 g/mol. The van der Waals surface area contributed by atoms with Gasteiger partial charge in [0.25, 0.3) is 10.0 Å². The Morgan fingerprint density at radius 1 is 1.17 bits per heavy atom.